The van der Waals surface area contributed by atoms with Crippen molar-refractivity contribution in [2.24, 2.45) is 0 Å². The largest absolute Gasteiger partial charge is 0.493 e. The number of hydrogen-bond donors (Lipinski definition) is 0. The number of benzene rings is 3. The molecule has 0 radical (unpaired) electrons. The van der Waals surface area contributed by atoms with Gasteiger partial charge in [0.2, 0.25) is 0 Å². The first-order chi connectivity index (χ1) is 15.5. The maximum atomic E-state index is 13.0. The first kappa shape index (κ1) is 20.7. The van der Waals surface area contributed by atoms with Crippen LogP contribution in [0, 0.1) is 6.92 Å². The summed E-state index contributed by atoms with van der Waals surface area (Å²) in [6.07, 6.45) is 1.86. The quantitative estimate of drug-likeness (QED) is 0.332. The highest BCUT2D eigenvalue weighted by atomic mass is 79.9. The summed E-state index contributed by atoms with van der Waals surface area (Å²) in [5.74, 6) is 1.22. The Hall–Kier alpha value is -3.16. The monoisotopic (exact) mass is 506 g/mol. The average Bonchev–Trinajstić information content (AvgIpc) is 3.30. The second-order valence-corrected chi connectivity index (χ2v) is 9.25. The molecule has 5 rings (SSSR count). The van der Waals surface area contributed by atoms with Crippen LogP contribution >= 0.6 is 27.3 Å². The zero-order valence-electron chi connectivity index (χ0n) is 17.5. The molecular weight excluding hydrogens is 488 g/mol. The predicted molar refractivity (Wildman–Crippen MR) is 132 cm³/mol. The summed E-state index contributed by atoms with van der Waals surface area (Å²) in [5.41, 5.74) is 4.69. The van der Waals surface area contributed by atoms with Crippen molar-refractivity contribution in [3.05, 3.63) is 96.7 Å². The molecule has 0 aliphatic rings. The molecule has 0 spiro atoms. The van der Waals surface area contributed by atoms with E-state index in [1.54, 1.807) is 11.5 Å². The van der Waals surface area contributed by atoms with Gasteiger partial charge in [0.25, 0.3) is 5.56 Å². The lowest BCUT2D eigenvalue weighted by atomic mass is 10.1. The van der Waals surface area contributed by atoms with Crippen LogP contribution in [0.1, 0.15) is 16.7 Å². The number of nitrogens with zero attached hydrogens (tertiary/aromatic N) is 2. The standard InChI is InChI=1S/C25H19BrN2O3S/c1-15-7-3-4-8-17(15)14-31-23-18(26)11-16(12-21(23)30-2)13-22-24(29)28-20-10-6-5-9-19(20)27-25(28)32-22/h3-13H,14H2,1-2H3. The smallest absolute Gasteiger partial charge is 0.274 e. The number of halogens is 1. The Bertz CT molecular complexity index is 1570. The molecule has 0 atom stereocenters. The van der Waals surface area contributed by atoms with Crippen LogP contribution in [0.5, 0.6) is 11.5 Å². The van der Waals surface area contributed by atoms with Gasteiger partial charge in [-0.3, -0.25) is 4.79 Å². The third-order valence-electron chi connectivity index (χ3n) is 5.33. The van der Waals surface area contributed by atoms with Crippen LogP contribution in [0.3, 0.4) is 0 Å². The van der Waals surface area contributed by atoms with Crippen LogP contribution in [-0.2, 0) is 6.61 Å². The van der Waals surface area contributed by atoms with Gasteiger partial charge >= 0.3 is 0 Å². The molecule has 0 amide bonds. The maximum Gasteiger partial charge on any atom is 0.274 e. The van der Waals surface area contributed by atoms with Crippen molar-refractivity contribution in [1.82, 2.24) is 9.38 Å². The van der Waals surface area contributed by atoms with E-state index in [1.807, 2.05) is 60.7 Å². The van der Waals surface area contributed by atoms with Crippen molar-refractivity contribution in [3.8, 4) is 11.5 Å². The maximum absolute atomic E-state index is 13.0. The number of methoxy groups -OCH3 is 1. The topological polar surface area (TPSA) is 52.8 Å². The second-order valence-electron chi connectivity index (χ2n) is 7.38. The molecule has 0 bridgehead atoms. The molecule has 3 aromatic carbocycles. The minimum atomic E-state index is -0.0753. The SMILES string of the molecule is COc1cc(C=c2sc3nc4ccccc4n3c2=O)cc(Br)c1OCc1ccccc1C. The van der Waals surface area contributed by atoms with E-state index in [9.17, 15) is 4.79 Å². The predicted octanol–water partition coefficient (Wildman–Crippen LogP) is 5.12. The van der Waals surface area contributed by atoms with Crippen LogP contribution in [0.25, 0.3) is 22.1 Å². The second kappa shape index (κ2) is 8.41. The van der Waals surface area contributed by atoms with Gasteiger partial charge in [0.05, 0.1) is 27.1 Å². The first-order valence-electron chi connectivity index (χ1n) is 10.0. The van der Waals surface area contributed by atoms with Gasteiger partial charge in [-0.1, -0.05) is 47.7 Å². The zero-order valence-corrected chi connectivity index (χ0v) is 19.9. The van der Waals surface area contributed by atoms with Gasteiger partial charge in [-0.25, -0.2) is 9.38 Å². The number of hydrogen-bond acceptors (Lipinski definition) is 5. The zero-order chi connectivity index (χ0) is 22.2. The molecule has 0 saturated heterocycles. The van der Waals surface area contributed by atoms with Gasteiger partial charge in [-0.05, 0) is 69.9 Å². The van der Waals surface area contributed by atoms with E-state index < -0.39 is 0 Å². The van der Waals surface area contributed by atoms with Crippen molar-refractivity contribution in [3.63, 3.8) is 0 Å². The number of thiazole rings is 1. The number of ether oxygens (including phenoxy) is 2. The molecule has 0 saturated carbocycles. The fraction of sp³-hybridized carbons (Fsp3) is 0.120. The van der Waals surface area contributed by atoms with Gasteiger partial charge in [-0.2, -0.15) is 0 Å². The fourth-order valence-electron chi connectivity index (χ4n) is 3.65. The number of fused-ring (bicyclic) bond motifs is 3. The third kappa shape index (κ3) is 3.67. The van der Waals surface area contributed by atoms with E-state index in [0.717, 1.165) is 26.6 Å². The molecule has 0 aliphatic carbocycles. The number of rotatable bonds is 5. The average molecular weight is 507 g/mol. The molecule has 0 fully saturated rings. The summed E-state index contributed by atoms with van der Waals surface area (Å²) in [4.78, 5) is 18.3. The van der Waals surface area contributed by atoms with E-state index in [-0.39, 0.29) is 5.56 Å². The molecular formula is C25H19BrN2O3S. The van der Waals surface area contributed by atoms with Crippen molar-refractivity contribution in [1.29, 1.82) is 0 Å². The Kier molecular flexibility index (Phi) is 5.45. The molecule has 0 unspecified atom stereocenters. The number of para-hydroxylation sites is 2. The van der Waals surface area contributed by atoms with E-state index in [2.05, 4.69) is 33.9 Å². The number of aryl methyl sites for hydroxylation is 1. The van der Waals surface area contributed by atoms with E-state index >= 15 is 0 Å². The molecule has 2 heterocycles. The lowest BCUT2D eigenvalue weighted by Gasteiger charge is -2.14. The van der Waals surface area contributed by atoms with Crippen LogP contribution in [0.2, 0.25) is 0 Å². The minimum absolute atomic E-state index is 0.0753. The van der Waals surface area contributed by atoms with Crippen LogP contribution in [-0.4, -0.2) is 16.5 Å². The van der Waals surface area contributed by atoms with Crippen molar-refractivity contribution in [2.75, 3.05) is 7.11 Å². The third-order valence-corrected chi connectivity index (χ3v) is 6.89. The van der Waals surface area contributed by atoms with E-state index in [4.69, 9.17) is 9.47 Å². The van der Waals surface area contributed by atoms with Crippen LogP contribution in [0.15, 0.2) is 69.9 Å². The summed E-state index contributed by atoms with van der Waals surface area (Å²) in [6, 6.07) is 19.6. The summed E-state index contributed by atoms with van der Waals surface area (Å²) in [5, 5.41) is 0. The molecule has 7 heteroatoms. The highest BCUT2D eigenvalue weighted by Crippen LogP contribution is 2.37. The highest BCUT2D eigenvalue weighted by molar-refractivity contribution is 9.10. The molecule has 2 aromatic heterocycles. The van der Waals surface area contributed by atoms with Crippen LogP contribution < -0.4 is 19.6 Å². The lowest BCUT2D eigenvalue weighted by Crippen LogP contribution is -2.22. The lowest BCUT2D eigenvalue weighted by molar-refractivity contribution is 0.282. The Morgan fingerprint density at radius 2 is 1.91 bits per heavy atom. The summed E-state index contributed by atoms with van der Waals surface area (Å²) >= 11 is 4.98. The summed E-state index contributed by atoms with van der Waals surface area (Å²) < 4.78 is 14.7. The first-order valence-corrected chi connectivity index (χ1v) is 11.6. The minimum Gasteiger partial charge on any atom is -0.493 e. The van der Waals surface area contributed by atoms with Gasteiger partial charge < -0.3 is 9.47 Å². The Balaban J connectivity index is 1.53. The van der Waals surface area contributed by atoms with Gasteiger partial charge in [0, 0.05) is 0 Å². The van der Waals surface area contributed by atoms with Crippen LogP contribution in [0.4, 0.5) is 0 Å². The summed E-state index contributed by atoms with van der Waals surface area (Å²) in [6.45, 7) is 2.50. The molecule has 5 aromatic rings. The normalized spacial score (nSPS) is 12.0. The molecule has 160 valence electrons. The number of aromatic nitrogens is 2. The molecule has 0 aliphatic heterocycles. The highest BCUT2D eigenvalue weighted by Gasteiger charge is 2.14. The molecule has 5 nitrogen and oxygen atoms in total. The van der Waals surface area contributed by atoms with Crippen molar-refractivity contribution in [2.45, 2.75) is 13.5 Å². The Morgan fingerprint density at radius 1 is 1.12 bits per heavy atom. The fourth-order valence-corrected chi connectivity index (χ4v) is 5.21. The van der Waals surface area contributed by atoms with Crippen molar-refractivity contribution < 1.29 is 9.47 Å². The van der Waals surface area contributed by atoms with Crippen molar-refractivity contribution >= 4 is 49.3 Å². The summed E-state index contributed by atoms with van der Waals surface area (Å²) in [7, 11) is 1.61. The van der Waals surface area contributed by atoms with E-state index in [1.165, 1.54) is 16.9 Å². The Morgan fingerprint density at radius 3 is 2.72 bits per heavy atom. The van der Waals surface area contributed by atoms with Gasteiger partial charge in [-0.15, -0.1) is 0 Å². The number of imidazole rings is 1. The van der Waals surface area contributed by atoms with Gasteiger partial charge in [0.1, 0.15) is 6.61 Å². The molecule has 0 N–H and O–H groups in total. The van der Waals surface area contributed by atoms with E-state index in [0.29, 0.717) is 27.6 Å². The Labute approximate surface area is 196 Å². The molecule has 32 heavy (non-hydrogen) atoms. The van der Waals surface area contributed by atoms with Gasteiger partial charge in [0.15, 0.2) is 16.5 Å².